The number of aliphatic hydroxyl groups excluding tert-OH is 1. The highest BCUT2D eigenvalue weighted by atomic mass is 16.5. The van der Waals surface area contributed by atoms with Crippen molar-refractivity contribution in [2.24, 2.45) is 0 Å². The van der Waals surface area contributed by atoms with Crippen LogP contribution in [-0.2, 0) is 4.79 Å². The first-order valence-corrected chi connectivity index (χ1v) is 9.05. The maximum atomic E-state index is 11.5. The second-order valence-corrected chi connectivity index (χ2v) is 7.04. The van der Waals surface area contributed by atoms with Crippen molar-refractivity contribution in [2.45, 2.75) is 44.4 Å². The summed E-state index contributed by atoms with van der Waals surface area (Å²) in [5.41, 5.74) is 0.808. The van der Waals surface area contributed by atoms with Crippen LogP contribution in [0.25, 0.3) is 11.4 Å². The van der Waals surface area contributed by atoms with Crippen molar-refractivity contribution in [2.75, 3.05) is 19.6 Å². The fourth-order valence-corrected chi connectivity index (χ4v) is 3.98. The number of rotatable bonds is 3. The average molecular weight is 357 g/mol. The van der Waals surface area contributed by atoms with Gasteiger partial charge in [-0.3, -0.25) is 14.7 Å². The van der Waals surface area contributed by atoms with Crippen LogP contribution in [0.5, 0.6) is 0 Å². The standard InChI is InChI=1S/C18H23N5O3/c1-12(24)22-7-4-14(5-8-22)23-11-15(25)9-16(23)18-20-17(21-26-18)13-3-2-6-19-10-13/h2-3,6,10,14-16,25H,4-5,7-9,11H2,1H3/t15-,16+/m1/s1. The Morgan fingerprint density at radius 2 is 2.15 bits per heavy atom. The van der Waals surface area contributed by atoms with Gasteiger partial charge in [-0.1, -0.05) is 5.16 Å². The molecule has 2 aromatic heterocycles. The van der Waals surface area contributed by atoms with Gasteiger partial charge >= 0.3 is 0 Å². The predicted molar refractivity (Wildman–Crippen MR) is 92.9 cm³/mol. The van der Waals surface area contributed by atoms with E-state index in [1.54, 1.807) is 19.3 Å². The lowest BCUT2D eigenvalue weighted by atomic mass is 10.0. The maximum Gasteiger partial charge on any atom is 0.244 e. The van der Waals surface area contributed by atoms with Crippen molar-refractivity contribution in [3.8, 4) is 11.4 Å². The molecular weight excluding hydrogens is 334 g/mol. The minimum Gasteiger partial charge on any atom is -0.392 e. The van der Waals surface area contributed by atoms with Crippen molar-refractivity contribution in [1.82, 2.24) is 24.9 Å². The van der Waals surface area contributed by atoms with Gasteiger partial charge in [-0.2, -0.15) is 4.98 Å². The number of β-amino-alcohol motifs (C(OH)–C–C–N with tert-alkyl or cyclic N) is 1. The zero-order valence-electron chi connectivity index (χ0n) is 14.8. The van der Waals surface area contributed by atoms with E-state index in [9.17, 15) is 9.90 Å². The molecule has 4 rings (SSSR count). The Kier molecular flexibility index (Phi) is 4.69. The van der Waals surface area contributed by atoms with Crippen LogP contribution in [0, 0.1) is 0 Å². The largest absolute Gasteiger partial charge is 0.392 e. The average Bonchev–Trinajstić information content (AvgIpc) is 3.29. The topological polar surface area (TPSA) is 95.6 Å². The number of aliphatic hydroxyl groups is 1. The molecule has 0 unspecified atom stereocenters. The normalized spacial score (nSPS) is 24.9. The van der Waals surface area contributed by atoms with Gasteiger partial charge in [-0.25, -0.2) is 0 Å². The molecule has 2 aliphatic heterocycles. The number of amides is 1. The molecule has 0 aliphatic carbocycles. The first-order chi connectivity index (χ1) is 12.6. The second kappa shape index (κ2) is 7.13. The number of pyridine rings is 1. The van der Waals surface area contributed by atoms with E-state index in [0.717, 1.165) is 31.5 Å². The molecular formula is C18H23N5O3. The molecule has 1 amide bonds. The van der Waals surface area contributed by atoms with Gasteiger partial charge in [0.05, 0.1) is 12.1 Å². The number of carbonyl (C=O) groups is 1. The predicted octanol–water partition coefficient (Wildman–Crippen LogP) is 1.25. The Labute approximate surface area is 151 Å². The summed E-state index contributed by atoms with van der Waals surface area (Å²) >= 11 is 0. The molecule has 138 valence electrons. The fraction of sp³-hybridized carbons (Fsp3) is 0.556. The Morgan fingerprint density at radius 1 is 1.35 bits per heavy atom. The molecule has 0 bridgehead atoms. The van der Waals surface area contributed by atoms with Crippen molar-refractivity contribution < 1.29 is 14.4 Å². The van der Waals surface area contributed by atoms with E-state index in [1.807, 2.05) is 17.0 Å². The van der Waals surface area contributed by atoms with E-state index in [1.165, 1.54) is 0 Å². The molecule has 2 fully saturated rings. The van der Waals surface area contributed by atoms with E-state index in [4.69, 9.17) is 4.52 Å². The van der Waals surface area contributed by atoms with Crippen molar-refractivity contribution in [3.05, 3.63) is 30.4 Å². The monoisotopic (exact) mass is 357 g/mol. The van der Waals surface area contributed by atoms with Gasteiger partial charge in [0.25, 0.3) is 0 Å². The Bertz CT molecular complexity index is 757. The number of likely N-dealkylation sites (tertiary alicyclic amines) is 2. The number of hydrogen-bond donors (Lipinski definition) is 1. The summed E-state index contributed by atoms with van der Waals surface area (Å²) in [6, 6.07) is 3.94. The second-order valence-electron chi connectivity index (χ2n) is 7.04. The highest BCUT2D eigenvalue weighted by Gasteiger charge is 2.40. The van der Waals surface area contributed by atoms with Crippen LogP contribution in [0.4, 0.5) is 0 Å². The quantitative estimate of drug-likeness (QED) is 0.883. The summed E-state index contributed by atoms with van der Waals surface area (Å²) in [6.45, 7) is 3.72. The van der Waals surface area contributed by atoms with Crippen LogP contribution >= 0.6 is 0 Å². The van der Waals surface area contributed by atoms with Crippen LogP contribution < -0.4 is 0 Å². The Balaban J connectivity index is 1.50. The van der Waals surface area contributed by atoms with Crippen molar-refractivity contribution in [3.63, 3.8) is 0 Å². The summed E-state index contributed by atoms with van der Waals surface area (Å²) in [4.78, 5) is 24.3. The zero-order chi connectivity index (χ0) is 18.1. The first-order valence-electron chi connectivity index (χ1n) is 9.05. The van der Waals surface area contributed by atoms with E-state index >= 15 is 0 Å². The Morgan fingerprint density at radius 3 is 2.85 bits per heavy atom. The number of nitrogens with zero attached hydrogens (tertiary/aromatic N) is 5. The summed E-state index contributed by atoms with van der Waals surface area (Å²) in [5.74, 6) is 1.18. The van der Waals surface area contributed by atoms with Crippen LogP contribution in [0.2, 0.25) is 0 Å². The van der Waals surface area contributed by atoms with Crippen LogP contribution in [0.15, 0.2) is 29.0 Å². The maximum absolute atomic E-state index is 11.5. The lowest BCUT2D eigenvalue weighted by molar-refractivity contribution is -0.130. The smallest absolute Gasteiger partial charge is 0.244 e. The van der Waals surface area contributed by atoms with Gasteiger partial charge in [-0.15, -0.1) is 0 Å². The number of hydrogen-bond acceptors (Lipinski definition) is 7. The minimum atomic E-state index is -0.403. The molecule has 8 nitrogen and oxygen atoms in total. The molecule has 26 heavy (non-hydrogen) atoms. The summed E-state index contributed by atoms with van der Waals surface area (Å²) < 4.78 is 5.53. The zero-order valence-corrected chi connectivity index (χ0v) is 14.8. The van der Waals surface area contributed by atoms with Gasteiger partial charge in [0, 0.05) is 50.6 Å². The fourth-order valence-electron chi connectivity index (χ4n) is 3.98. The van der Waals surface area contributed by atoms with E-state index in [-0.39, 0.29) is 11.9 Å². The molecule has 0 radical (unpaired) electrons. The third-order valence-corrected chi connectivity index (χ3v) is 5.34. The molecule has 0 spiro atoms. The third kappa shape index (κ3) is 3.34. The summed E-state index contributed by atoms with van der Waals surface area (Å²) in [6.07, 6.45) is 5.38. The van der Waals surface area contributed by atoms with Crippen LogP contribution in [-0.4, -0.2) is 67.7 Å². The van der Waals surface area contributed by atoms with E-state index in [2.05, 4.69) is 20.0 Å². The van der Waals surface area contributed by atoms with Crippen LogP contribution in [0.1, 0.15) is 38.1 Å². The number of aromatic nitrogens is 3. The van der Waals surface area contributed by atoms with Crippen molar-refractivity contribution in [1.29, 1.82) is 0 Å². The minimum absolute atomic E-state index is 0.0863. The Hall–Kier alpha value is -2.32. The van der Waals surface area contributed by atoms with Gasteiger partial charge in [0.15, 0.2) is 0 Å². The lowest BCUT2D eigenvalue weighted by Gasteiger charge is -2.38. The van der Waals surface area contributed by atoms with Gasteiger partial charge in [0.1, 0.15) is 0 Å². The first kappa shape index (κ1) is 17.1. The molecule has 8 heteroatoms. The summed E-state index contributed by atoms with van der Waals surface area (Å²) in [5, 5.41) is 14.3. The summed E-state index contributed by atoms with van der Waals surface area (Å²) in [7, 11) is 0. The molecule has 1 N–H and O–H groups in total. The highest BCUT2D eigenvalue weighted by molar-refractivity contribution is 5.73. The molecule has 0 saturated carbocycles. The number of piperidine rings is 1. The molecule has 4 heterocycles. The molecule has 0 aromatic carbocycles. The lowest BCUT2D eigenvalue weighted by Crippen LogP contribution is -2.46. The van der Waals surface area contributed by atoms with Crippen LogP contribution in [0.3, 0.4) is 0 Å². The van der Waals surface area contributed by atoms with Gasteiger partial charge in [0.2, 0.25) is 17.6 Å². The van der Waals surface area contributed by atoms with E-state index in [0.29, 0.717) is 30.7 Å². The third-order valence-electron chi connectivity index (χ3n) is 5.34. The van der Waals surface area contributed by atoms with Crippen molar-refractivity contribution >= 4 is 5.91 Å². The molecule has 2 aliphatic rings. The highest BCUT2D eigenvalue weighted by Crippen LogP contribution is 2.36. The molecule has 2 atom stereocenters. The number of carbonyl (C=O) groups excluding carboxylic acids is 1. The van der Waals surface area contributed by atoms with Gasteiger partial charge in [-0.05, 0) is 31.4 Å². The SMILES string of the molecule is CC(=O)N1CCC(N2C[C@H](O)C[C@H]2c2nc(-c3cccnc3)no2)CC1. The molecule has 2 saturated heterocycles. The molecule has 2 aromatic rings. The van der Waals surface area contributed by atoms with Gasteiger partial charge < -0.3 is 14.5 Å². The van der Waals surface area contributed by atoms with E-state index < -0.39 is 6.10 Å².